The maximum Gasteiger partial charge on any atom is 0.262 e. The maximum atomic E-state index is 11.1. The van der Waals surface area contributed by atoms with Crippen LogP contribution in [-0.2, 0) is 9.59 Å². The van der Waals surface area contributed by atoms with Crippen LogP contribution in [0.1, 0.15) is 0 Å². The highest BCUT2D eigenvalue weighted by Gasteiger charge is 2.18. The summed E-state index contributed by atoms with van der Waals surface area (Å²) in [6.07, 6.45) is 0. The topological polar surface area (TPSA) is 93.5 Å². The Balaban J connectivity index is 2.31. The van der Waals surface area contributed by atoms with Crippen molar-refractivity contribution >= 4 is 34.8 Å². The van der Waals surface area contributed by atoms with Crippen LogP contribution in [-0.4, -0.2) is 25.0 Å². The smallest absolute Gasteiger partial charge is 0.262 e. The third kappa shape index (κ3) is 2.48. The molecule has 0 spiro atoms. The van der Waals surface area contributed by atoms with E-state index in [2.05, 4.69) is 10.6 Å². The van der Waals surface area contributed by atoms with E-state index in [0.29, 0.717) is 22.1 Å². The van der Waals surface area contributed by atoms with E-state index in [1.165, 1.54) is 6.07 Å². The highest BCUT2D eigenvalue weighted by Crippen LogP contribution is 2.36. The van der Waals surface area contributed by atoms with Crippen molar-refractivity contribution in [2.75, 3.05) is 23.8 Å². The first kappa shape index (κ1) is 11.7. The number of carbonyl (C=O) groups is 2. The number of ether oxygens (including phenoxy) is 1. The van der Waals surface area contributed by atoms with E-state index < -0.39 is 0 Å². The molecule has 1 aliphatic rings. The van der Waals surface area contributed by atoms with Gasteiger partial charge in [0.1, 0.15) is 5.75 Å². The van der Waals surface area contributed by atoms with Crippen molar-refractivity contribution in [1.82, 2.24) is 0 Å². The fourth-order valence-corrected chi connectivity index (χ4v) is 1.61. The average molecular weight is 256 g/mol. The predicted molar refractivity (Wildman–Crippen MR) is 63.3 cm³/mol. The summed E-state index contributed by atoms with van der Waals surface area (Å²) in [6.45, 7) is -0.191. The van der Waals surface area contributed by atoms with Crippen LogP contribution in [0.2, 0.25) is 5.02 Å². The van der Waals surface area contributed by atoms with Gasteiger partial charge >= 0.3 is 0 Å². The van der Waals surface area contributed by atoms with Crippen LogP contribution in [0.4, 0.5) is 11.4 Å². The number of anilines is 2. The quantitative estimate of drug-likeness (QED) is 0.720. The maximum absolute atomic E-state index is 11.1. The fourth-order valence-electron chi connectivity index (χ4n) is 1.40. The SMILES string of the molecule is NCC(=O)Nc1cc2c(cc1Cl)NC(=O)CO2. The molecule has 0 fully saturated rings. The number of fused-ring (bicyclic) bond motifs is 1. The summed E-state index contributed by atoms with van der Waals surface area (Å²) >= 11 is 5.95. The number of hydrogen-bond donors (Lipinski definition) is 3. The Morgan fingerprint density at radius 2 is 2.35 bits per heavy atom. The molecule has 90 valence electrons. The first-order valence-electron chi connectivity index (χ1n) is 4.86. The number of benzene rings is 1. The van der Waals surface area contributed by atoms with Gasteiger partial charge in [0.05, 0.1) is 22.9 Å². The summed E-state index contributed by atoms with van der Waals surface area (Å²) in [5.41, 5.74) is 6.07. The van der Waals surface area contributed by atoms with Gasteiger partial charge < -0.3 is 21.1 Å². The van der Waals surface area contributed by atoms with Gasteiger partial charge in [-0.3, -0.25) is 9.59 Å². The summed E-state index contributed by atoms with van der Waals surface area (Å²) in [7, 11) is 0. The molecule has 7 heteroatoms. The van der Waals surface area contributed by atoms with Crippen molar-refractivity contribution in [3.05, 3.63) is 17.2 Å². The van der Waals surface area contributed by atoms with Gasteiger partial charge in [-0.15, -0.1) is 0 Å². The standard InChI is InChI=1S/C10H10ClN3O3/c11-5-1-7-8(17-4-10(16)14-7)2-6(5)13-9(15)3-12/h1-2H,3-4,12H2,(H,13,15)(H,14,16). The normalized spacial score (nSPS) is 13.4. The van der Waals surface area contributed by atoms with Gasteiger partial charge in [0, 0.05) is 6.07 Å². The largest absolute Gasteiger partial charge is 0.482 e. The van der Waals surface area contributed by atoms with Crippen LogP contribution >= 0.6 is 11.6 Å². The summed E-state index contributed by atoms with van der Waals surface area (Å²) in [4.78, 5) is 22.2. The lowest BCUT2D eigenvalue weighted by molar-refractivity contribution is -0.118. The number of nitrogens with two attached hydrogens (primary N) is 1. The van der Waals surface area contributed by atoms with Gasteiger partial charge in [0.15, 0.2) is 6.61 Å². The van der Waals surface area contributed by atoms with E-state index in [9.17, 15) is 9.59 Å². The van der Waals surface area contributed by atoms with Gasteiger partial charge in [-0.2, -0.15) is 0 Å². The Hall–Kier alpha value is -1.79. The molecule has 0 saturated heterocycles. The second-order valence-electron chi connectivity index (χ2n) is 3.42. The molecule has 1 aromatic carbocycles. The Morgan fingerprint density at radius 3 is 3.06 bits per heavy atom. The predicted octanol–water partition coefficient (Wildman–Crippen LogP) is 0.568. The number of rotatable bonds is 2. The molecule has 0 saturated carbocycles. The minimum Gasteiger partial charge on any atom is -0.482 e. The lowest BCUT2D eigenvalue weighted by Crippen LogP contribution is -2.26. The molecule has 0 aromatic heterocycles. The second-order valence-corrected chi connectivity index (χ2v) is 3.82. The molecule has 17 heavy (non-hydrogen) atoms. The fraction of sp³-hybridized carbons (Fsp3) is 0.200. The van der Waals surface area contributed by atoms with E-state index in [-0.39, 0.29) is 25.0 Å². The van der Waals surface area contributed by atoms with Crippen molar-refractivity contribution in [3.63, 3.8) is 0 Å². The average Bonchev–Trinajstić information content (AvgIpc) is 2.30. The van der Waals surface area contributed by atoms with Gasteiger partial charge in [-0.1, -0.05) is 11.6 Å². The molecule has 1 heterocycles. The first-order chi connectivity index (χ1) is 8.10. The zero-order chi connectivity index (χ0) is 12.4. The van der Waals surface area contributed by atoms with Crippen molar-refractivity contribution in [2.24, 2.45) is 5.73 Å². The van der Waals surface area contributed by atoms with Crippen molar-refractivity contribution in [3.8, 4) is 5.75 Å². The molecule has 0 bridgehead atoms. The molecule has 0 aliphatic carbocycles. The molecule has 0 unspecified atom stereocenters. The van der Waals surface area contributed by atoms with Crippen LogP contribution in [0.5, 0.6) is 5.75 Å². The molecule has 4 N–H and O–H groups in total. The van der Waals surface area contributed by atoms with Crippen LogP contribution in [0, 0.1) is 0 Å². The van der Waals surface area contributed by atoms with Crippen LogP contribution in [0.25, 0.3) is 0 Å². The third-order valence-electron chi connectivity index (χ3n) is 2.16. The van der Waals surface area contributed by atoms with Gasteiger partial charge in [-0.25, -0.2) is 0 Å². The zero-order valence-electron chi connectivity index (χ0n) is 8.75. The van der Waals surface area contributed by atoms with Gasteiger partial charge in [-0.05, 0) is 6.07 Å². The number of halogens is 1. The Morgan fingerprint density at radius 1 is 1.59 bits per heavy atom. The number of amides is 2. The van der Waals surface area contributed by atoms with E-state index in [1.807, 2.05) is 0 Å². The van der Waals surface area contributed by atoms with Crippen molar-refractivity contribution in [1.29, 1.82) is 0 Å². The highest BCUT2D eigenvalue weighted by atomic mass is 35.5. The molecule has 0 radical (unpaired) electrons. The molecule has 1 aliphatic heterocycles. The van der Waals surface area contributed by atoms with Crippen LogP contribution in [0.15, 0.2) is 12.1 Å². The highest BCUT2D eigenvalue weighted by molar-refractivity contribution is 6.34. The zero-order valence-corrected chi connectivity index (χ0v) is 9.50. The lowest BCUT2D eigenvalue weighted by Gasteiger charge is -2.19. The minimum atomic E-state index is -0.355. The number of carbonyl (C=O) groups excluding carboxylic acids is 2. The molecule has 0 atom stereocenters. The summed E-state index contributed by atoms with van der Waals surface area (Å²) < 4.78 is 5.19. The van der Waals surface area contributed by atoms with E-state index in [1.54, 1.807) is 6.07 Å². The van der Waals surface area contributed by atoms with Gasteiger partial charge in [0.2, 0.25) is 5.91 Å². The van der Waals surface area contributed by atoms with Crippen molar-refractivity contribution in [2.45, 2.75) is 0 Å². The lowest BCUT2D eigenvalue weighted by atomic mass is 10.2. The second kappa shape index (κ2) is 4.60. The number of hydrogen-bond acceptors (Lipinski definition) is 4. The molecule has 1 aromatic rings. The summed E-state index contributed by atoms with van der Waals surface area (Å²) in [5.74, 6) is -0.139. The minimum absolute atomic E-state index is 0.0566. The Bertz CT molecular complexity index is 490. The van der Waals surface area contributed by atoms with E-state index in [0.717, 1.165) is 0 Å². The molecular formula is C10H10ClN3O3. The molecular weight excluding hydrogens is 246 g/mol. The first-order valence-corrected chi connectivity index (χ1v) is 5.24. The van der Waals surface area contributed by atoms with Crippen LogP contribution in [0.3, 0.4) is 0 Å². The number of nitrogens with one attached hydrogen (secondary N) is 2. The molecule has 2 amide bonds. The Kier molecular flexibility index (Phi) is 3.16. The van der Waals surface area contributed by atoms with E-state index in [4.69, 9.17) is 22.1 Å². The van der Waals surface area contributed by atoms with Gasteiger partial charge in [0.25, 0.3) is 5.91 Å². The molecule has 2 rings (SSSR count). The van der Waals surface area contributed by atoms with Crippen LogP contribution < -0.4 is 21.1 Å². The summed E-state index contributed by atoms with van der Waals surface area (Å²) in [5, 5.41) is 5.44. The van der Waals surface area contributed by atoms with E-state index >= 15 is 0 Å². The third-order valence-corrected chi connectivity index (χ3v) is 2.47. The Labute approximate surface area is 102 Å². The summed E-state index contributed by atoms with van der Waals surface area (Å²) in [6, 6.07) is 3.06. The van der Waals surface area contributed by atoms with Crippen molar-refractivity contribution < 1.29 is 14.3 Å². The molecule has 6 nitrogen and oxygen atoms in total. The monoisotopic (exact) mass is 255 g/mol.